The molecule has 0 spiro atoms. The van der Waals surface area contributed by atoms with Crippen molar-refractivity contribution in [2.24, 2.45) is 0 Å². The van der Waals surface area contributed by atoms with E-state index < -0.39 is 0 Å². The van der Waals surface area contributed by atoms with Crippen LogP contribution in [-0.4, -0.2) is 4.98 Å². The van der Waals surface area contributed by atoms with Crippen LogP contribution < -0.4 is 0 Å². The van der Waals surface area contributed by atoms with E-state index in [4.69, 9.17) is 5.26 Å². The molecular formula is C16H10N2. The maximum absolute atomic E-state index is 8.92. The van der Waals surface area contributed by atoms with Crippen LogP contribution in [0.1, 0.15) is 5.56 Å². The first-order valence-corrected chi connectivity index (χ1v) is 5.72. The second-order valence-electron chi connectivity index (χ2n) is 4.11. The van der Waals surface area contributed by atoms with Gasteiger partial charge in [-0.2, -0.15) is 5.26 Å². The molecule has 0 unspecified atom stereocenters. The molecule has 0 atom stereocenters. The van der Waals surface area contributed by atoms with Gasteiger partial charge in [0.25, 0.3) is 0 Å². The fourth-order valence-electron chi connectivity index (χ4n) is 2.00. The summed E-state index contributed by atoms with van der Waals surface area (Å²) in [6.45, 7) is 0. The van der Waals surface area contributed by atoms with Crippen molar-refractivity contribution in [3.63, 3.8) is 0 Å². The summed E-state index contributed by atoms with van der Waals surface area (Å²) in [4.78, 5) is 4.43. The van der Waals surface area contributed by atoms with E-state index in [9.17, 15) is 0 Å². The molecule has 0 aliphatic heterocycles. The lowest BCUT2D eigenvalue weighted by atomic mass is 10.0. The van der Waals surface area contributed by atoms with Crippen molar-refractivity contribution in [3.8, 4) is 17.2 Å². The van der Waals surface area contributed by atoms with E-state index in [1.165, 1.54) is 0 Å². The number of fused-ring (bicyclic) bond motifs is 1. The lowest BCUT2D eigenvalue weighted by Gasteiger charge is -2.03. The summed E-state index contributed by atoms with van der Waals surface area (Å²) in [5.74, 6) is 0. The summed E-state index contributed by atoms with van der Waals surface area (Å²) < 4.78 is 0. The molecule has 0 fully saturated rings. The zero-order valence-electron chi connectivity index (χ0n) is 9.67. The first-order chi connectivity index (χ1) is 8.86. The third-order valence-corrected chi connectivity index (χ3v) is 2.92. The predicted molar refractivity (Wildman–Crippen MR) is 71.9 cm³/mol. The van der Waals surface area contributed by atoms with Gasteiger partial charge >= 0.3 is 0 Å². The van der Waals surface area contributed by atoms with Gasteiger partial charge in [0, 0.05) is 17.1 Å². The highest BCUT2D eigenvalue weighted by Crippen LogP contribution is 2.23. The fraction of sp³-hybridized carbons (Fsp3) is 0. The van der Waals surface area contributed by atoms with Crippen molar-refractivity contribution in [2.75, 3.05) is 0 Å². The molecule has 18 heavy (non-hydrogen) atoms. The topological polar surface area (TPSA) is 36.7 Å². The molecule has 0 aliphatic carbocycles. The van der Waals surface area contributed by atoms with Crippen LogP contribution in [0.3, 0.4) is 0 Å². The van der Waals surface area contributed by atoms with Crippen LogP contribution in [0.5, 0.6) is 0 Å². The average molecular weight is 230 g/mol. The number of hydrogen-bond acceptors (Lipinski definition) is 2. The highest BCUT2D eigenvalue weighted by atomic mass is 14.6. The summed E-state index contributed by atoms with van der Waals surface area (Å²) in [6, 6.07) is 19.8. The van der Waals surface area contributed by atoms with Gasteiger partial charge in [0.05, 0.1) is 17.1 Å². The van der Waals surface area contributed by atoms with Gasteiger partial charge in [-0.15, -0.1) is 0 Å². The van der Waals surface area contributed by atoms with Crippen LogP contribution in [0, 0.1) is 11.3 Å². The minimum atomic E-state index is 0.667. The summed E-state index contributed by atoms with van der Waals surface area (Å²) in [5, 5.41) is 10.0. The standard InChI is InChI=1S/C16H10N2/c17-10-12-4-3-6-13(8-12)15-9-14-5-1-2-7-16(14)18-11-15/h1-9,11H. The Morgan fingerprint density at radius 2 is 1.78 bits per heavy atom. The quantitative estimate of drug-likeness (QED) is 0.638. The summed E-state index contributed by atoms with van der Waals surface area (Å²) in [7, 11) is 0. The first-order valence-electron chi connectivity index (χ1n) is 5.72. The highest BCUT2D eigenvalue weighted by molar-refractivity contribution is 5.83. The van der Waals surface area contributed by atoms with Crippen LogP contribution in [0.4, 0.5) is 0 Å². The van der Waals surface area contributed by atoms with Gasteiger partial charge < -0.3 is 0 Å². The lowest BCUT2D eigenvalue weighted by Crippen LogP contribution is -1.83. The Balaban J connectivity index is 2.16. The normalized spacial score (nSPS) is 10.2. The largest absolute Gasteiger partial charge is 0.256 e. The fourth-order valence-corrected chi connectivity index (χ4v) is 2.00. The molecule has 84 valence electrons. The van der Waals surface area contributed by atoms with E-state index in [0.29, 0.717) is 5.56 Å². The van der Waals surface area contributed by atoms with E-state index in [1.54, 1.807) is 6.07 Å². The first kappa shape index (κ1) is 10.5. The van der Waals surface area contributed by atoms with Crippen molar-refractivity contribution in [1.82, 2.24) is 4.98 Å². The van der Waals surface area contributed by atoms with Gasteiger partial charge in [-0.1, -0.05) is 30.3 Å². The van der Waals surface area contributed by atoms with Gasteiger partial charge in [0.15, 0.2) is 0 Å². The summed E-state index contributed by atoms with van der Waals surface area (Å²) in [6.07, 6.45) is 1.85. The number of para-hydroxylation sites is 1. The van der Waals surface area contributed by atoms with Gasteiger partial charge in [0.1, 0.15) is 0 Å². The number of aromatic nitrogens is 1. The van der Waals surface area contributed by atoms with Crippen LogP contribution in [0.2, 0.25) is 0 Å². The maximum Gasteiger partial charge on any atom is 0.0991 e. The molecule has 0 saturated heterocycles. The second-order valence-corrected chi connectivity index (χ2v) is 4.11. The Labute approximate surface area is 105 Å². The number of hydrogen-bond donors (Lipinski definition) is 0. The van der Waals surface area contributed by atoms with Crippen LogP contribution in [0.15, 0.2) is 60.8 Å². The molecule has 2 aromatic carbocycles. The molecule has 1 aromatic heterocycles. The molecular weight excluding hydrogens is 220 g/mol. The molecule has 0 bridgehead atoms. The molecule has 0 N–H and O–H groups in total. The van der Waals surface area contributed by atoms with Crippen LogP contribution in [-0.2, 0) is 0 Å². The molecule has 2 nitrogen and oxygen atoms in total. The Morgan fingerprint density at radius 3 is 2.67 bits per heavy atom. The zero-order chi connectivity index (χ0) is 12.4. The highest BCUT2D eigenvalue weighted by Gasteiger charge is 2.01. The minimum Gasteiger partial charge on any atom is -0.256 e. The van der Waals surface area contributed by atoms with Crippen molar-refractivity contribution >= 4 is 10.9 Å². The molecule has 0 radical (unpaired) electrons. The average Bonchev–Trinajstić information content (AvgIpc) is 2.47. The smallest absolute Gasteiger partial charge is 0.0991 e. The summed E-state index contributed by atoms with van der Waals surface area (Å²) >= 11 is 0. The van der Waals surface area contributed by atoms with E-state index in [1.807, 2.05) is 48.7 Å². The van der Waals surface area contributed by atoms with E-state index in [2.05, 4.69) is 17.1 Å². The van der Waals surface area contributed by atoms with Crippen molar-refractivity contribution in [2.45, 2.75) is 0 Å². The number of rotatable bonds is 1. The Hall–Kier alpha value is -2.66. The van der Waals surface area contributed by atoms with Gasteiger partial charge in [-0.3, -0.25) is 4.98 Å². The van der Waals surface area contributed by atoms with Crippen LogP contribution in [0.25, 0.3) is 22.0 Å². The Kier molecular flexibility index (Phi) is 2.51. The number of nitriles is 1. The molecule has 3 rings (SSSR count). The van der Waals surface area contributed by atoms with Crippen molar-refractivity contribution in [1.29, 1.82) is 5.26 Å². The van der Waals surface area contributed by atoms with Gasteiger partial charge in [-0.05, 0) is 29.8 Å². The summed E-state index contributed by atoms with van der Waals surface area (Å²) in [5.41, 5.74) is 3.71. The zero-order valence-corrected chi connectivity index (χ0v) is 9.67. The molecule has 1 heterocycles. The second kappa shape index (κ2) is 4.31. The Bertz CT molecular complexity index is 754. The van der Waals surface area contributed by atoms with Crippen molar-refractivity contribution in [3.05, 3.63) is 66.4 Å². The van der Waals surface area contributed by atoms with Gasteiger partial charge in [0.2, 0.25) is 0 Å². The van der Waals surface area contributed by atoms with E-state index in [-0.39, 0.29) is 0 Å². The molecule has 0 amide bonds. The van der Waals surface area contributed by atoms with Gasteiger partial charge in [-0.25, -0.2) is 0 Å². The Morgan fingerprint density at radius 1 is 0.889 bits per heavy atom. The maximum atomic E-state index is 8.92. The molecule has 3 aromatic rings. The monoisotopic (exact) mass is 230 g/mol. The third-order valence-electron chi connectivity index (χ3n) is 2.92. The SMILES string of the molecule is N#Cc1cccc(-c2cnc3ccccc3c2)c1. The number of pyridine rings is 1. The third kappa shape index (κ3) is 1.83. The minimum absolute atomic E-state index is 0.667. The van der Waals surface area contributed by atoms with E-state index in [0.717, 1.165) is 22.0 Å². The van der Waals surface area contributed by atoms with Crippen molar-refractivity contribution < 1.29 is 0 Å². The van der Waals surface area contributed by atoms with E-state index >= 15 is 0 Å². The lowest BCUT2D eigenvalue weighted by molar-refractivity contribution is 1.40. The molecule has 2 heteroatoms. The van der Waals surface area contributed by atoms with Crippen LogP contribution >= 0.6 is 0 Å². The molecule has 0 aliphatic rings. The molecule has 0 saturated carbocycles. The number of nitrogens with zero attached hydrogens (tertiary/aromatic N) is 2. The number of benzene rings is 2. The predicted octanol–water partition coefficient (Wildman–Crippen LogP) is 3.77.